The zero-order valence-corrected chi connectivity index (χ0v) is 12.9. The van der Waals surface area contributed by atoms with Gasteiger partial charge in [0.05, 0.1) is 17.3 Å². The molecule has 0 fully saturated rings. The first-order valence-electron chi connectivity index (χ1n) is 6.80. The number of nitrogens with two attached hydrogens (primary N) is 1. The minimum atomic E-state index is -4.54. The number of nitrogens with zero attached hydrogens (tertiary/aromatic N) is 4. The van der Waals surface area contributed by atoms with Gasteiger partial charge in [0.1, 0.15) is 11.5 Å². The van der Waals surface area contributed by atoms with Crippen LogP contribution in [0.1, 0.15) is 11.3 Å². The van der Waals surface area contributed by atoms with E-state index in [9.17, 15) is 13.2 Å². The second kappa shape index (κ2) is 6.12. The molecule has 0 spiro atoms. The fraction of sp³-hybridized carbons (Fsp3) is 0.133. The monoisotopic (exact) mass is 353 g/mol. The van der Waals surface area contributed by atoms with Crippen LogP contribution in [0.25, 0.3) is 11.3 Å². The summed E-state index contributed by atoms with van der Waals surface area (Å²) < 4.78 is 40.7. The molecule has 0 radical (unpaired) electrons. The first-order valence-corrected chi connectivity index (χ1v) is 7.18. The number of hydrogen-bond donors (Lipinski definition) is 1. The van der Waals surface area contributed by atoms with Crippen LogP contribution in [-0.2, 0) is 12.7 Å². The Bertz CT molecular complexity index is 861. The van der Waals surface area contributed by atoms with Crippen LogP contribution in [0, 0.1) is 0 Å². The Balaban J connectivity index is 2.04. The zero-order valence-electron chi connectivity index (χ0n) is 12.1. The third-order valence-electron chi connectivity index (χ3n) is 3.29. The number of alkyl halides is 3. The lowest BCUT2D eigenvalue weighted by Gasteiger charge is -2.09. The molecular formula is C15H11ClF3N5. The van der Waals surface area contributed by atoms with E-state index in [1.165, 1.54) is 18.5 Å². The van der Waals surface area contributed by atoms with E-state index in [1.807, 2.05) is 0 Å². The van der Waals surface area contributed by atoms with Gasteiger partial charge in [-0.3, -0.25) is 9.67 Å². The maximum absolute atomic E-state index is 13.3. The summed E-state index contributed by atoms with van der Waals surface area (Å²) in [6, 6.07) is 5.72. The lowest BCUT2D eigenvalue weighted by molar-refractivity contribution is -0.144. The summed E-state index contributed by atoms with van der Waals surface area (Å²) in [6.07, 6.45) is -0.176. The number of aromatic nitrogens is 4. The first kappa shape index (κ1) is 16.3. The van der Waals surface area contributed by atoms with Crippen molar-refractivity contribution in [1.82, 2.24) is 19.7 Å². The lowest BCUT2D eigenvalue weighted by atomic mass is 10.2. The van der Waals surface area contributed by atoms with Crippen LogP contribution in [0.4, 0.5) is 19.0 Å². The Morgan fingerprint density at radius 2 is 2.00 bits per heavy atom. The van der Waals surface area contributed by atoms with Gasteiger partial charge in [-0.1, -0.05) is 17.7 Å². The minimum absolute atomic E-state index is 0.0567. The summed E-state index contributed by atoms with van der Waals surface area (Å²) in [6.45, 7) is -0.0567. The maximum Gasteiger partial charge on any atom is 0.433 e. The quantitative estimate of drug-likeness (QED) is 0.780. The maximum atomic E-state index is 13.3. The summed E-state index contributed by atoms with van der Waals surface area (Å²) in [5.74, 6) is 0.103. The summed E-state index contributed by atoms with van der Waals surface area (Å²) in [4.78, 5) is 7.74. The molecule has 0 saturated carbocycles. The van der Waals surface area contributed by atoms with Crippen molar-refractivity contribution in [1.29, 1.82) is 0 Å². The van der Waals surface area contributed by atoms with Crippen molar-refractivity contribution in [3.63, 3.8) is 0 Å². The Morgan fingerprint density at radius 1 is 1.21 bits per heavy atom. The number of hydrogen-bond acceptors (Lipinski definition) is 4. The van der Waals surface area contributed by atoms with Gasteiger partial charge in [0.2, 0.25) is 0 Å². The molecule has 9 heteroatoms. The molecule has 0 bridgehead atoms. The van der Waals surface area contributed by atoms with E-state index in [-0.39, 0.29) is 23.1 Å². The average molecular weight is 354 g/mol. The van der Waals surface area contributed by atoms with Crippen molar-refractivity contribution in [2.24, 2.45) is 0 Å². The first-order chi connectivity index (χ1) is 11.3. The van der Waals surface area contributed by atoms with Crippen LogP contribution in [-0.4, -0.2) is 19.7 Å². The second-order valence-electron chi connectivity index (χ2n) is 5.02. The molecule has 0 aliphatic rings. The third-order valence-corrected chi connectivity index (χ3v) is 3.59. The molecule has 3 heterocycles. The molecule has 2 N–H and O–H groups in total. The topological polar surface area (TPSA) is 69.6 Å². The molecule has 0 saturated heterocycles. The standard InChI is InChI=1S/C15H11ClF3N5/c16-11-4-10(7-22-14(11)20)12-5-13(15(17,18)19)24(23-12)8-9-2-1-3-21-6-9/h1-7H,8H2,(H2,20,22). The van der Waals surface area contributed by atoms with Crippen LogP contribution < -0.4 is 5.73 Å². The van der Waals surface area contributed by atoms with Gasteiger partial charge in [-0.05, 0) is 23.8 Å². The smallest absolute Gasteiger partial charge is 0.382 e. The normalized spacial score (nSPS) is 11.7. The SMILES string of the molecule is Nc1ncc(-c2cc(C(F)(F)F)n(Cc3cccnc3)n2)cc1Cl. The van der Waals surface area contributed by atoms with Crippen molar-refractivity contribution >= 4 is 17.4 Å². The Hall–Kier alpha value is -2.61. The highest BCUT2D eigenvalue weighted by Crippen LogP contribution is 2.33. The minimum Gasteiger partial charge on any atom is -0.382 e. The Labute approximate surface area is 139 Å². The largest absolute Gasteiger partial charge is 0.433 e. The fourth-order valence-electron chi connectivity index (χ4n) is 2.16. The van der Waals surface area contributed by atoms with E-state index >= 15 is 0 Å². The highest BCUT2D eigenvalue weighted by atomic mass is 35.5. The Morgan fingerprint density at radius 3 is 2.62 bits per heavy atom. The average Bonchev–Trinajstić information content (AvgIpc) is 2.95. The lowest BCUT2D eigenvalue weighted by Crippen LogP contribution is -2.15. The molecule has 0 aromatic carbocycles. The number of rotatable bonds is 3. The fourth-order valence-corrected chi connectivity index (χ4v) is 2.33. The van der Waals surface area contributed by atoms with Gasteiger partial charge in [0.15, 0.2) is 0 Å². The highest BCUT2D eigenvalue weighted by Gasteiger charge is 2.36. The number of nitrogen functional groups attached to an aromatic ring is 1. The van der Waals surface area contributed by atoms with Crippen LogP contribution in [0.2, 0.25) is 5.02 Å². The Kier molecular flexibility index (Phi) is 4.15. The van der Waals surface area contributed by atoms with E-state index in [4.69, 9.17) is 17.3 Å². The van der Waals surface area contributed by atoms with Crippen LogP contribution >= 0.6 is 11.6 Å². The number of pyridine rings is 2. The highest BCUT2D eigenvalue weighted by molar-refractivity contribution is 6.33. The molecule has 0 atom stereocenters. The number of anilines is 1. The molecule has 3 aromatic heterocycles. The van der Waals surface area contributed by atoms with Crippen LogP contribution in [0.15, 0.2) is 42.9 Å². The van der Waals surface area contributed by atoms with E-state index < -0.39 is 11.9 Å². The summed E-state index contributed by atoms with van der Waals surface area (Å²) in [5, 5.41) is 4.20. The van der Waals surface area contributed by atoms with Gasteiger partial charge >= 0.3 is 6.18 Å². The predicted molar refractivity (Wildman–Crippen MR) is 83.2 cm³/mol. The van der Waals surface area contributed by atoms with Gasteiger partial charge in [0.25, 0.3) is 0 Å². The van der Waals surface area contributed by atoms with Crippen molar-refractivity contribution in [2.75, 3.05) is 5.73 Å². The van der Waals surface area contributed by atoms with Crippen molar-refractivity contribution in [3.8, 4) is 11.3 Å². The summed E-state index contributed by atoms with van der Waals surface area (Å²) in [5.41, 5.74) is 5.72. The van der Waals surface area contributed by atoms with E-state index in [2.05, 4.69) is 15.1 Å². The van der Waals surface area contributed by atoms with Crippen LogP contribution in [0.3, 0.4) is 0 Å². The van der Waals surface area contributed by atoms with Gasteiger partial charge in [-0.25, -0.2) is 4.98 Å². The molecule has 0 aliphatic carbocycles. The van der Waals surface area contributed by atoms with Gasteiger partial charge in [0, 0.05) is 24.2 Å². The van der Waals surface area contributed by atoms with Gasteiger partial charge in [-0.2, -0.15) is 18.3 Å². The molecule has 0 amide bonds. The predicted octanol–water partition coefficient (Wildman–Crippen LogP) is 3.64. The molecule has 3 aromatic rings. The molecule has 0 unspecified atom stereocenters. The van der Waals surface area contributed by atoms with Crippen molar-refractivity contribution in [3.05, 3.63) is 59.1 Å². The van der Waals surface area contributed by atoms with Gasteiger partial charge < -0.3 is 5.73 Å². The van der Waals surface area contributed by atoms with Crippen molar-refractivity contribution in [2.45, 2.75) is 12.7 Å². The third kappa shape index (κ3) is 3.33. The van der Waals surface area contributed by atoms with E-state index in [1.54, 1.807) is 18.3 Å². The summed E-state index contributed by atoms with van der Waals surface area (Å²) in [7, 11) is 0. The van der Waals surface area contributed by atoms with Gasteiger partial charge in [-0.15, -0.1) is 0 Å². The molecule has 3 rings (SSSR count). The molecule has 124 valence electrons. The molecular weight excluding hydrogens is 343 g/mol. The summed E-state index contributed by atoms with van der Waals surface area (Å²) >= 11 is 5.88. The molecule has 24 heavy (non-hydrogen) atoms. The second-order valence-corrected chi connectivity index (χ2v) is 5.43. The molecule has 5 nitrogen and oxygen atoms in total. The van der Waals surface area contributed by atoms with E-state index in [0.29, 0.717) is 11.1 Å². The van der Waals surface area contributed by atoms with E-state index in [0.717, 1.165) is 10.7 Å². The molecule has 0 aliphatic heterocycles. The zero-order chi connectivity index (χ0) is 17.3. The number of halogens is 4. The van der Waals surface area contributed by atoms with Crippen LogP contribution in [0.5, 0.6) is 0 Å². The van der Waals surface area contributed by atoms with Crippen molar-refractivity contribution < 1.29 is 13.2 Å².